The predicted octanol–water partition coefficient (Wildman–Crippen LogP) is 0.988. The van der Waals surface area contributed by atoms with Gasteiger partial charge in [-0.1, -0.05) is 0 Å². The standard InChI is InChI=1S/C16H26N4O2/c1-2-19-9-5-18-16(19)13-3-7-20(8-4-13)15(21)11-14-12-22-10-6-17-14/h5,9,13-14,17H,2-4,6-8,10-12H2,1H3. The van der Waals surface area contributed by atoms with Crippen molar-refractivity contribution in [3.05, 3.63) is 18.2 Å². The summed E-state index contributed by atoms with van der Waals surface area (Å²) in [5.41, 5.74) is 0. The van der Waals surface area contributed by atoms with Crippen LogP contribution in [0.25, 0.3) is 0 Å². The lowest BCUT2D eigenvalue weighted by Gasteiger charge is -2.33. The molecule has 0 saturated carbocycles. The Kier molecular flexibility index (Phi) is 5.10. The number of nitrogens with one attached hydrogen (secondary N) is 1. The van der Waals surface area contributed by atoms with E-state index in [4.69, 9.17) is 4.74 Å². The van der Waals surface area contributed by atoms with Gasteiger partial charge in [-0.15, -0.1) is 0 Å². The first kappa shape index (κ1) is 15.5. The quantitative estimate of drug-likeness (QED) is 0.901. The largest absolute Gasteiger partial charge is 0.378 e. The average molecular weight is 306 g/mol. The van der Waals surface area contributed by atoms with Crippen LogP contribution < -0.4 is 5.32 Å². The molecule has 0 aromatic carbocycles. The van der Waals surface area contributed by atoms with E-state index < -0.39 is 0 Å². The van der Waals surface area contributed by atoms with E-state index in [0.29, 0.717) is 18.9 Å². The Labute approximate surface area is 131 Å². The fourth-order valence-corrected chi connectivity index (χ4v) is 3.43. The van der Waals surface area contributed by atoms with Crippen LogP contribution in [0.15, 0.2) is 12.4 Å². The maximum Gasteiger partial charge on any atom is 0.224 e. The van der Waals surface area contributed by atoms with Crippen molar-refractivity contribution in [2.75, 3.05) is 32.8 Å². The van der Waals surface area contributed by atoms with Crippen LogP contribution >= 0.6 is 0 Å². The smallest absolute Gasteiger partial charge is 0.224 e. The molecule has 3 heterocycles. The number of likely N-dealkylation sites (tertiary alicyclic amines) is 1. The number of aromatic nitrogens is 2. The molecule has 22 heavy (non-hydrogen) atoms. The number of ether oxygens (including phenoxy) is 1. The molecule has 0 aliphatic carbocycles. The minimum absolute atomic E-state index is 0.179. The molecule has 0 bridgehead atoms. The lowest BCUT2D eigenvalue weighted by Crippen LogP contribution is -2.46. The second-order valence-corrected chi connectivity index (χ2v) is 6.16. The molecule has 3 rings (SSSR count). The molecule has 6 nitrogen and oxygen atoms in total. The number of imidazole rings is 1. The molecule has 1 aromatic rings. The van der Waals surface area contributed by atoms with Gasteiger partial charge in [0.2, 0.25) is 5.91 Å². The molecule has 2 aliphatic rings. The minimum Gasteiger partial charge on any atom is -0.378 e. The molecular weight excluding hydrogens is 280 g/mol. The number of carbonyl (C=O) groups is 1. The van der Waals surface area contributed by atoms with Gasteiger partial charge < -0.3 is 19.5 Å². The molecule has 122 valence electrons. The van der Waals surface area contributed by atoms with E-state index in [1.807, 2.05) is 17.3 Å². The van der Waals surface area contributed by atoms with Crippen molar-refractivity contribution >= 4 is 5.91 Å². The van der Waals surface area contributed by atoms with Crippen molar-refractivity contribution in [1.82, 2.24) is 19.8 Å². The zero-order chi connectivity index (χ0) is 15.4. The highest BCUT2D eigenvalue weighted by Gasteiger charge is 2.27. The van der Waals surface area contributed by atoms with E-state index in [-0.39, 0.29) is 11.9 Å². The Hall–Kier alpha value is -1.40. The molecular formula is C16H26N4O2. The Morgan fingerprint density at radius 3 is 2.95 bits per heavy atom. The Bertz CT molecular complexity index is 488. The third-order valence-corrected chi connectivity index (χ3v) is 4.72. The summed E-state index contributed by atoms with van der Waals surface area (Å²) in [5, 5.41) is 3.35. The van der Waals surface area contributed by atoms with Crippen LogP contribution in [0.3, 0.4) is 0 Å². The SMILES string of the molecule is CCn1ccnc1C1CCN(C(=O)CC2COCCN2)CC1. The number of hydrogen-bond acceptors (Lipinski definition) is 4. The number of amides is 1. The van der Waals surface area contributed by atoms with E-state index in [1.54, 1.807) is 0 Å². The monoisotopic (exact) mass is 306 g/mol. The minimum atomic E-state index is 0.179. The first-order valence-corrected chi connectivity index (χ1v) is 8.38. The van der Waals surface area contributed by atoms with E-state index in [2.05, 4.69) is 21.8 Å². The van der Waals surface area contributed by atoms with Gasteiger partial charge in [-0.05, 0) is 19.8 Å². The lowest BCUT2D eigenvalue weighted by molar-refractivity contribution is -0.133. The zero-order valence-electron chi connectivity index (χ0n) is 13.3. The van der Waals surface area contributed by atoms with Gasteiger partial charge in [0.05, 0.1) is 13.2 Å². The number of nitrogens with zero attached hydrogens (tertiary/aromatic N) is 3. The van der Waals surface area contributed by atoms with Gasteiger partial charge in [0, 0.05) is 57.0 Å². The normalized spacial score (nSPS) is 23.7. The van der Waals surface area contributed by atoms with Crippen molar-refractivity contribution in [2.45, 2.75) is 44.7 Å². The number of aryl methyl sites for hydroxylation is 1. The predicted molar refractivity (Wildman–Crippen MR) is 83.7 cm³/mol. The number of hydrogen-bond donors (Lipinski definition) is 1. The van der Waals surface area contributed by atoms with Gasteiger partial charge >= 0.3 is 0 Å². The molecule has 0 spiro atoms. The fourth-order valence-electron chi connectivity index (χ4n) is 3.43. The third-order valence-electron chi connectivity index (χ3n) is 4.72. The van der Waals surface area contributed by atoms with E-state index in [0.717, 1.165) is 45.6 Å². The van der Waals surface area contributed by atoms with E-state index in [1.165, 1.54) is 5.82 Å². The summed E-state index contributed by atoms with van der Waals surface area (Å²) in [6.07, 6.45) is 6.50. The second kappa shape index (κ2) is 7.24. The van der Waals surface area contributed by atoms with Gasteiger partial charge in [0.25, 0.3) is 0 Å². The molecule has 2 aliphatic heterocycles. The summed E-state index contributed by atoms with van der Waals surface area (Å²) in [4.78, 5) is 18.9. The van der Waals surface area contributed by atoms with E-state index >= 15 is 0 Å². The number of morpholine rings is 1. The zero-order valence-corrected chi connectivity index (χ0v) is 13.3. The van der Waals surface area contributed by atoms with Crippen LogP contribution in [0.5, 0.6) is 0 Å². The average Bonchev–Trinajstić information content (AvgIpc) is 3.04. The first-order chi connectivity index (χ1) is 10.8. The Morgan fingerprint density at radius 1 is 1.45 bits per heavy atom. The summed E-state index contributed by atoms with van der Waals surface area (Å²) in [5.74, 6) is 1.91. The van der Waals surface area contributed by atoms with Crippen LogP contribution in [0.2, 0.25) is 0 Å². The molecule has 1 aromatic heterocycles. The van der Waals surface area contributed by atoms with Crippen LogP contribution in [-0.4, -0.2) is 59.2 Å². The molecule has 2 saturated heterocycles. The summed E-state index contributed by atoms with van der Waals surface area (Å²) in [7, 11) is 0. The maximum absolute atomic E-state index is 12.4. The molecule has 1 atom stereocenters. The van der Waals surface area contributed by atoms with Crippen LogP contribution in [0.1, 0.15) is 37.9 Å². The van der Waals surface area contributed by atoms with Crippen molar-refractivity contribution < 1.29 is 9.53 Å². The molecule has 1 amide bonds. The van der Waals surface area contributed by atoms with Crippen LogP contribution in [0, 0.1) is 0 Å². The number of piperidine rings is 1. The van der Waals surface area contributed by atoms with Crippen molar-refractivity contribution in [3.8, 4) is 0 Å². The molecule has 0 radical (unpaired) electrons. The summed E-state index contributed by atoms with van der Waals surface area (Å²) < 4.78 is 7.63. The van der Waals surface area contributed by atoms with Gasteiger partial charge in [0.15, 0.2) is 0 Å². The van der Waals surface area contributed by atoms with Crippen molar-refractivity contribution in [2.24, 2.45) is 0 Å². The Balaban J connectivity index is 1.49. The first-order valence-electron chi connectivity index (χ1n) is 8.38. The Morgan fingerprint density at radius 2 is 2.27 bits per heavy atom. The summed E-state index contributed by atoms with van der Waals surface area (Å²) >= 11 is 0. The fraction of sp³-hybridized carbons (Fsp3) is 0.750. The molecule has 1 unspecified atom stereocenters. The lowest BCUT2D eigenvalue weighted by atomic mass is 9.95. The highest BCUT2D eigenvalue weighted by molar-refractivity contribution is 5.77. The number of carbonyl (C=O) groups excluding carboxylic acids is 1. The van der Waals surface area contributed by atoms with Crippen molar-refractivity contribution in [1.29, 1.82) is 0 Å². The van der Waals surface area contributed by atoms with Crippen molar-refractivity contribution in [3.63, 3.8) is 0 Å². The molecule has 1 N–H and O–H groups in total. The van der Waals surface area contributed by atoms with Crippen LogP contribution in [-0.2, 0) is 16.1 Å². The topological polar surface area (TPSA) is 59.4 Å². The van der Waals surface area contributed by atoms with Crippen LogP contribution in [0.4, 0.5) is 0 Å². The highest BCUT2D eigenvalue weighted by Crippen LogP contribution is 2.27. The van der Waals surface area contributed by atoms with Gasteiger partial charge in [-0.2, -0.15) is 0 Å². The molecule has 6 heteroatoms. The second-order valence-electron chi connectivity index (χ2n) is 6.16. The third kappa shape index (κ3) is 3.50. The summed E-state index contributed by atoms with van der Waals surface area (Å²) in [6, 6.07) is 0.179. The highest BCUT2D eigenvalue weighted by atomic mass is 16.5. The van der Waals surface area contributed by atoms with Gasteiger partial charge in [-0.25, -0.2) is 4.98 Å². The van der Waals surface area contributed by atoms with E-state index in [9.17, 15) is 4.79 Å². The van der Waals surface area contributed by atoms with Gasteiger partial charge in [-0.3, -0.25) is 4.79 Å². The number of rotatable bonds is 4. The maximum atomic E-state index is 12.4. The summed E-state index contributed by atoms with van der Waals surface area (Å²) in [6.45, 7) is 7.03. The van der Waals surface area contributed by atoms with Gasteiger partial charge in [0.1, 0.15) is 5.82 Å². The molecule has 2 fully saturated rings.